The van der Waals surface area contributed by atoms with Gasteiger partial charge in [-0.15, -0.1) is 5.10 Å². The van der Waals surface area contributed by atoms with E-state index >= 15 is 0 Å². The maximum Gasteiger partial charge on any atom is 0.227 e. The molecule has 1 aliphatic rings. The van der Waals surface area contributed by atoms with E-state index in [0.717, 1.165) is 35.4 Å². The van der Waals surface area contributed by atoms with Crippen LogP contribution in [0.15, 0.2) is 65.0 Å². The van der Waals surface area contributed by atoms with Gasteiger partial charge in [-0.05, 0) is 50.5 Å². The summed E-state index contributed by atoms with van der Waals surface area (Å²) in [5.41, 5.74) is 3.42. The van der Waals surface area contributed by atoms with Crippen LogP contribution in [0.2, 0.25) is 0 Å². The van der Waals surface area contributed by atoms with E-state index in [2.05, 4.69) is 17.2 Å². The maximum absolute atomic E-state index is 12.7. The molecule has 0 amide bonds. The normalized spacial score (nSPS) is 14.9. The van der Waals surface area contributed by atoms with Crippen LogP contribution in [0, 0.1) is 0 Å². The van der Waals surface area contributed by atoms with E-state index in [9.17, 15) is 4.79 Å². The summed E-state index contributed by atoms with van der Waals surface area (Å²) in [5, 5.41) is 8.74. The Labute approximate surface area is 210 Å². The van der Waals surface area contributed by atoms with Crippen molar-refractivity contribution in [3.63, 3.8) is 0 Å². The lowest BCUT2D eigenvalue weighted by molar-refractivity contribution is -0.114. The Morgan fingerprint density at radius 2 is 1.91 bits per heavy atom. The van der Waals surface area contributed by atoms with Crippen LogP contribution >= 0.6 is 11.8 Å². The molecule has 1 atom stereocenters. The van der Waals surface area contributed by atoms with E-state index in [0.29, 0.717) is 41.4 Å². The van der Waals surface area contributed by atoms with Crippen molar-refractivity contribution < 1.29 is 14.3 Å². The number of aromatic nitrogens is 3. The number of anilines is 1. The fraction of sp³-hybridized carbons (Fsp3) is 0.370. The zero-order chi connectivity index (χ0) is 24.8. The molecule has 1 aromatic heterocycles. The fourth-order valence-electron chi connectivity index (χ4n) is 4.08. The Balaban J connectivity index is 1.69. The SMILES string of the molecule is CCCCSc1nc2n(n1)C(c1ccc(OCc3ccccc3)c(OCC)c1)C(C(C)=O)=C(C)N2. The summed E-state index contributed by atoms with van der Waals surface area (Å²) >= 11 is 1.63. The lowest BCUT2D eigenvalue weighted by atomic mass is 9.93. The number of carbonyl (C=O) groups is 1. The average molecular weight is 493 g/mol. The van der Waals surface area contributed by atoms with Crippen molar-refractivity contribution in [2.75, 3.05) is 17.7 Å². The molecule has 184 valence electrons. The molecular formula is C27H32N4O3S. The highest BCUT2D eigenvalue weighted by atomic mass is 32.2. The van der Waals surface area contributed by atoms with Crippen LogP contribution in [0.3, 0.4) is 0 Å². The van der Waals surface area contributed by atoms with Gasteiger partial charge in [-0.1, -0.05) is 61.5 Å². The number of hydrogen-bond donors (Lipinski definition) is 1. The average Bonchev–Trinajstić information content (AvgIpc) is 3.25. The van der Waals surface area contributed by atoms with E-state index in [1.807, 2.05) is 67.1 Å². The second kappa shape index (κ2) is 11.4. The molecule has 0 spiro atoms. The molecule has 1 N–H and O–H groups in total. The summed E-state index contributed by atoms with van der Waals surface area (Å²) in [7, 11) is 0. The number of unbranched alkanes of at least 4 members (excludes halogenated alkanes) is 1. The van der Waals surface area contributed by atoms with Crippen LogP contribution in [-0.4, -0.2) is 32.9 Å². The highest BCUT2D eigenvalue weighted by molar-refractivity contribution is 7.99. The lowest BCUT2D eigenvalue weighted by Gasteiger charge is -2.28. The molecule has 2 aromatic carbocycles. The number of ether oxygens (including phenoxy) is 2. The van der Waals surface area contributed by atoms with Gasteiger partial charge in [-0.3, -0.25) is 4.79 Å². The topological polar surface area (TPSA) is 78.3 Å². The summed E-state index contributed by atoms with van der Waals surface area (Å²) in [6, 6.07) is 15.4. The lowest BCUT2D eigenvalue weighted by Crippen LogP contribution is -2.27. The monoisotopic (exact) mass is 492 g/mol. The van der Waals surface area contributed by atoms with Gasteiger partial charge in [0.1, 0.15) is 12.6 Å². The van der Waals surface area contributed by atoms with Crippen molar-refractivity contribution >= 4 is 23.5 Å². The first-order valence-electron chi connectivity index (χ1n) is 12.0. The Morgan fingerprint density at radius 1 is 1.11 bits per heavy atom. The van der Waals surface area contributed by atoms with Crippen molar-refractivity contribution in [3.05, 3.63) is 70.9 Å². The Bertz CT molecular complexity index is 1210. The minimum absolute atomic E-state index is 0.0105. The number of nitrogens with zero attached hydrogens (tertiary/aromatic N) is 3. The molecule has 3 aromatic rings. The number of ketones is 1. The predicted molar refractivity (Wildman–Crippen MR) is 139 cm³/mol. The van der Waals surface area contributed by atoms with Crippen molar-refractivity contribution in [3.8, 4) is 11.5 Å². The van der Waals surface area contributed by atoms with Gasteiger partial charge in [0.15, 0.2) is 17.3 Å². The Morgan fingerprint density at radius 3 is 2.63 bits per heavy atom. The number of thioether (sulfide) groups is 1. The number of rotatable bonds is 11. The second-order valence-electron chi connectivity index (χ2n) is 8.40. The quantitative estimate of drug-likeness (QED) is 0.259. The molecule has 1 aliphatic heterocycles. The number of hydrogen-bond acceptors (Lipinski definition) is 7. The summed E-state index contributed by atoms with van der Waals surface area (Å²) in [4.78, 5) is 17.4. The summed E-state index contributed by atoms with van der Waals surface area (Å²) in [6.07, 6.45) is 2.22. The number of nitrogens with one attached hydrogen (secondary N) is 1. The number of carbonyl (C=O) groups excluding carboxylic acids is 1. The molecule has 0 fully saturated rings. The molecule has 4 rings (SSSR count). The Hall–Kier alpha value is -3.26. The third-order valence-corrected chi connectivity index (χ3v) is 6.69. The first-order valence-corrected chi connectivity index (χ1v) is 13.0. The highest BCUT2D eigenvalue weighted by Crippen LogP contribution is 2.40. The summed E-state index contributed by atoms with van der Waals surface area (Å²) in [6.45, 7) is 8.55. The van der Waals surface area contributed by atoms with Gasteiger partial charge >= 0.3 is 0 Å². The van der Waals surface area contributed by atoms with Gasteiger partial charge < -0.3 is 14.8 Å². The zero-order valence-electron chi connectivity index (χ0n) is 20.7. The van der Waals surface area contributed by atoms with E-state index in [1.165, 1.54) is 0 Å². The fourth-order valence-corrected chi connectivity index (χ4v) is 4.99. The predicted octanol–water partition coefficient (Wildman–Crippen LogP) is 6.03. The van der Waals surface area contributed by atoms with Crippen molar-refractivity contribution in [2.45, 2.75) is 58.3 Å². The van der Waals surface area contributed by atoms with Gasteiger partial charge in [-0.25, -0.2) is 4.68 Å². The van der Waals surface area contributed by atoms with Crippen LogP contribution in [0.4, 0.5) is 5.95 Å². The summed E-state index contributed by atoms with van der Waals surface area (Å²) in [5.74, 6) is 2.88. The minimum Gasteiger partial charge on any atom is -0.490 e. The molecule has 8 heteroatoms. The first kappa shape index (κ1) is 24.9. The van der Waals surface area contributed by atoms with Gasteiger partial charge in [0, 0.05) is 17.0 Å². The molecular weight excluding hydrogens is 460 g/mol. The van der Waals surface area contributed by atoms with E-state index in [-0.39, 0.29) is 5.78 Å². The summed E-state index contributed by atoms with van der Waals surface area (Å²) < 4.78 is 13.8. The third-order valence-electron chi connectivity index (χ3n) is 5.76. The van der Waals surface area contributed by atoms with Crippen molar-refractivity contribution in [1.82, 2.24) is 14.8 Å². The van der Waals surface area contributed by atoms with E-state index in [1.54, 1.807) is 18.7 Å². The molecule has 0 saturated carbocycles. The maximum atomic E-state index is 12.7. The molecule has 2 heterocycles. The third kappa shape index (κ3) is 5.70. The molecule has 0 radical (unpaired) electrons. The van der Waals surface area contributed by atoms with Crippen LogP contribution in [0.25, 0.3) is 0 Å². The second-order valence-corrected chi connectivity index (χ2v) is 9.46. The van der Waals surface area contributed by atoms with E-state index < -0.39 is 6.04 Å². The van der Waals surface area contributed by atoms with Crippen LogP contribution < -0.4 is 14.8 Å². The molecule has 0 saturated heterocycles. The molecule has 35 heavy (non-hydrogen) atoms. The van der Waals surface area contributed by atoms with Gasteiger partial charge in [-0.2, -0.15) is 4.98 Å². The zero-order valence-corrected chi connectivity index (χ0v) is 21.5. The number of benzene rings is 2. The van der Waals surface area contributed by atoms with Gasteiger partial charge in [0.2, 0.25) is 11.1 Å². The number of allylic oxidation sites excluding steroid dienone is 2. The van der Waals surface area contributed by atoms with Crippen LogP contribution in [-0.2, 0) is 11.4 Å². The molecule has 0 aliphatic carbocycles. The van der Waals surface area contributed by atoms with Crippen LogP contribution in [0.1, 0.15) is 57.7 Å². The smallest absolute Gasteiger partial charge is 0.227 e. The number of fused-ring (bicyclic) bond motifs is 1. The Kier molecular flexibility index (Phi) is 8.13. The standard InChI is InChI=1S/C27H32N4O3S/c1-5-7-15-35-27-29-26-28-18(3)24(19(4)32)25(31(26)30-27)21-13-14-22(23(16-21)33-6-2)34-17-20-11-9-8-10-12-20/h8-14,16,25H,5-7,15,17H2,1-4H3,(H,28,29,30). The molecule has 1 unspecified atom stereocenters. The minimum atomic E-state index is -0.404. The van der Waals surface area contributed by atoms with Crippen molar-refractivity contribution in [2.24, 2.45) is 0 Å². The van der Waals surface area contributed by atoms with Gasteiger partial charge in [0.05, 0.1) is 6.61 Å². The van der Waals surface area contributed by atoms with E-state index in [4.69, 9.17) is 14.6 Å². The molecule has 7 nitrogen and oxygen atoms in total. The van der Waals surface area contributed by atoms with Crippen LogP contribution in [0.5, 0.6) is 11.5 Å². The van der Waals surface area contributed by atoms with Gasteiger partial charge in [0.25, 0.3) is 0 Å². The largest absolute Gasteiger partial charge is 0.490 e. The number of Topliss-reactive ketones (excluding diaryl/α,β-unsaturated/α-hetero) is 1. The molecule has 0 bridgehead atoms. The first-order chi connectivity index (χ1) is 17.0. The highest BCUT2D eigenvalue weighted by Gasteiger charge is 2.33. The van der Waals surface area contributed by atoms with Crippen molar-refractivity contribution in [1.29, 1.82) is 0 Å².